The summed E-state index contributed by atoms with van der Waals surface area (Å²) in [4.78, 5) is 42.9. The van der Waals surface area contributed by atoms with Crippen molar-refractivity contribution >= 4 is 34.7 Å². The number of nitrogens with one attached hydrogen (secondary N) is 1. The Balaban J connectivity index is -0.000000549. The zero-order valence-corrected chi connectivity index (χ0v) is 26.4. The Morgan fingerprint density at radius 3 is 1.54 bits per heavy atom. The third kappa shape index (κ3) is 38.5. The molecule has 8 nitrogen and oxygen atoms in total. The fourth-order valence-corrected chi connectivity index (χ4v) is 4.21. The van der Waals surface area contributed by atoms with E-state index in [4.69, 9.17) is 27.5 Å². The van der Waals surface area contributed by atoms with Gasteiger partial charge in [0.05, 0.1) is 0 Å². The molecule has 0 aromatic rings. The molecule has 39 heavy (non-hydrogen) atoms. The van der Waals surface area contributed by atoms with E-state index in [9.17, 15) is 19.2 Å². The van der Waals surface area contributed by atoms with E-state index in [1.54, 1.807) is 0 Å². The lowest BCUT2D eigenvalue weighted by molar-refractivity contribution is -0.139. The predicted molar refractivity (Wildman–Crippen MR) is 161 cm³/mol. The van der Waals surface area contributed by atoms with Gasteiger partial charge in [-0.05, 0) is 67.5 Å². The largest absolute Gasteiger partial charge is 0.481 e. The summed E-state index contributed by atoms with van der Waals surface area (Å²) < 4.78 is 0. The van der Waals surface area contributed by atoms with Gasteiger partial charge in [0, 0.05) is 32.2 Å². The van der Waals surface area contributed by atoms with Crippen LogP contribution in [0.25, 0.3) is 0 Å². The van der Waals surface area contributed by atoms with Crippen LogP contribution in [0, 0.1) is 23.7 Å². The lowest BCUT2D eigenvalue weighted by atomic mass is 9.94. The van der Waals surface area contributed by atoms with Gasteiger partial charge in [0.1, 0.15) is 0 Å². The van der Waals surface area contributed by atoms with Gasteiger partial charge in [-0.1, -0.05) is 80.1 Å². The smallest absolute Gasteiger partial charge is 0.303 e. The Labute approximate surface area is 243 Å². The molecule has 9 heteroatoms. The lowest BCUT2D eigenvalue weighted by Gasteiger charge is -2.17. The molecule has 232 valence electrons. The lowest BCUT2D eigenvalue weighted by Crippen LogP contribution is -2.30. The summed E-state index contributed by atoms with van der Waals surface area (Å²) >= 11 is 5.12. The van der Waals surface area contributed by atoms with E-state index in [1.165, 1.54) is 19.3 Å². The molecule has 0 unspecified atom stereocenters. The number of carbonyl (C=O) groups excluding carboxylic acids is 2. The van der Waals surface area contributed by atoms with Crippen molar-refractivity contribution in [2.75, 3.05) is 13.1 Å². The minimum absolute atomic E-state index is 0.0390. The molecule has 0 aromatic heterocycles. The predicted octanol–water partition coefficient (Wildman–Crippen LogP) is 7.01. The highest BCUT2D eigenvalue weighted by Gasteiger charge is 2.16. The fourth-order valence-electron chi connectivity index (χ4n) is 4.08. The Morgan fingerprint density at radius 1 is 0.718 bits per heavy atom. The molecule has 1 amide bonds. The van der Waals surface area contributed by atoms with Crippen LogP contribution in [0.5, 0.6) is 0 Å². The van der Waals surface area contributed by atoms with E-state index in [1.807, 2.05) is 0 Å². The second kappa shape index (κ2) is 29.3. The number of hydrogen-bond donors (Lipinski definition) is 4. The first kappa shape index (κ1) is 41.8. The van der Waals surface area contributed by atoms with Crippen LogP contribution in [0.1, 0.15) is 131 Å². The zero-order valence-electron chi connectivity index (χ0n) is 25.6. The second-order valence-electron chi connectivity index (χ2n) is 11.2. The third-order valence-electron chi connectivity index (χ3n) is 5.94. The summed E-state index contributed by atoms with van der Waals surface area (Å²) in [6, 6.07) is 0. The molecule has 0 bridgehead atoms. The Morgan fingerprint density at radius 2 is 1.15 bits per heavy atom. The van der Waals surface area contributed by atoms with Crippen molar-refractivity contribution in [2.45, 2.75) is 131 Å². The number of carboxylic acids is 2. The van der Waals surface area contributed by atoms with Crippen molar-refractivity contribution in [1.82, 2.24) is 5.32 Å². The van der Waals surface area contributed by atoms with Crippen LogP contribution in [0.15, 0.2) is 0 Å². The number of halogens is 1. The molecule has 0 aliphatic rings. The maximum Gasteiger partial charge on any atom is 0.303 e. The summed E-state index contributed by atoms with van der Waals surface area (Å²) in [6.45, 7) is 13.5. The van der Waals surface area contributed by atoms with Crippen molar-refractivity contribution in [3.8, 4) is 0 Å². The van der Waals surface area contributed by atoms with Crippen molar-refractivity contribution in [3.05, 3.63) is 0 Å². The first-order valence-electron chi connectivity index (χ1n) is 14.9. The molecule has 0 fully saturated rings. The monoisotopic (exact) mass is 578 g/mol. The molecular weight excluding hydrogens is 520 g/mol. The summed E-state index contributed by atoms with van der Waals surface area (Å²) in [5, 5.41) is 20.0. The number of carboxylic acid groups (broad SMARTS) is 2. The summed E-state index contributed by atoms with van der Waals surface area (Å²) in [5.74, 6) is -0.322. The number of hydrogen-bond acceptors (Lipinski definition) is 5. The van der Waals surface area contributed by atoms with Crippen LogP contribution < -0.4 is 11.1 Å². The summed E-state index contributed by atoms with van der Waals surface area (Å²) in [6.07, 6.45) is 12.0. The van der Waals surface area contributed by atoms with Crippen LogP contribution in [-0.4, -0.2) is 46.4 Å². The van der Waals surface area contributed by atoms with E-state index in [0.29, 0.717) is 37.8 Å². The molecule has 0 aliphatic heterocycles. The van der Waals surface area contributed by atoms with E-state index >= 15 is 0 Å². The van der Waals surface area contributed by atoms with Crippen LogP contribution in [-0.2, 0) is 19.2 Å². The van der Waals surface area contributed by atoms with Crippen LogP contribution in [0.3, 0.4) is 0 Å². The number of aliphatic carboxylic acids is 2. The number of rotatable bonds is 21. The van der Waals surface area contributed by atoms with Crippen molar-refractivity contribution < 1.29 is 29.4 Å². The van der Waals surface area contributed by atoms with Crippen molar-refractivity contribution in [3.63, 3.8) is 0 Å². The second-order valence-corrected chi connectivity index (χ2v) is 11.6. The van der Waals surface area contributed by atoms with E-state index in [2.05, 4.69) is 46.9 Å². The average molecular weight is 579 g/mol. The molecule has 0 radical (unpaired) electrons. The number of unbranched alkanes of at least 4 members (excludes halogenated alkanes) is 6. The van der Waals surface area contributed by atoms with Gasteiger partial charge in [-0.15, -0.1) is 0 Å². The maximum absolute atomic E-state index is 11.6. The maximum atomic E-state index is 11.6. The Kier molecular flexibility index (Phi) is 31.4. The van der Waals surface area contributed by atoms with Gasteiger partial charge in [0.2, 0.25) is 11.1 Å². The first-order valence-corrected chi connectivity index (χ1v) is 15.2. The Bertz CT molecular complexity index is 629. The minimum Gasteiger partial charge on any atom is -0.481 e. The number of nitrogens with two attached hydrogens (primary N) is 1. The van der Waals surface area contributed by atoms with Gasteiger partial charge in [-0.25, -0.2) is 0 Å². The highest BCUT2D eigenvalue weighted by atomic mass is 35.5. The number of amides is 1. The molecule has 0 aromatic carbocycles. The highest BCUT2D eigenvalue weighted by Crippen LogP contribution is 2.15. The fraction of sp³-hybridized carbons (Fsp3) is 0.867. The zero-order chi connectivity index (χ0) is 30.6. The molecular formula is C30H59ClN2O6. The van der Waals surface area contributed by atoms with Gasteiger partial charge in [0.25, 0.3) is 0 Å². The first-order chi connectivity index (χ1) is 18.3. The number of carbonyl (C=O) groups is 4. The molecule has 0 spiro atoms. The van der Waals surface area contributed by atoms with E-state index in [0.717, 1.165) is 44.9 Å². The highest BCUT2D eigenvalue weighted by molar-refractivity contribution is 6.63. The van der Waals surface area contributed by atoms with Crippen LogP contribution >= 0.6 is 11.6 Å². The molecule has 0 aliphatic carbocycles. The molecule has 5 N–H and O–H groups in total. The van der Waals surface area contributed by atoms with Gasteiger partial charge < -0.3 is 21.3 Å². The molecule has 0 saturated carbocycles. The summed E-state index contributed by atoms with van der Waals surface area (Å²) in [5.41, 5.74) is 5.41. The van der Waals surface area contributed by atoms with Gasteiger partial charge >= 0.3 is 11.9 Å². The topological polar surface area (TPSA) is 147 Å². The SMILES string of the molecule is CC(C)C[C@H](CN)CC(=O)O.CCCCCCC(=O)Cl.CCCCCCC(=O)NC[C@H](CC(=O)O)CC(C)C. The van der Waals surface area contributed by atoms with Crippen molar-refractivity contribution in [1.29, 1.82) is 0 Å². The standard InChI is InChI=1S/C15H29NO3.C8H17NO2.C7H13ClO/c1-4-5-6-7-8-14(17)16-11-13(9-12(2)3)10-15(18)19;1-6(2)3-7(5-9)4-8(10)11;1-2-3-4-5-6-7(8)9/h12-13H,4-11H2,1-3H3,(H,16,17)(H,18,19);6-7H,3-5,9H2,1-2H3,(H,10,11);2-6H2,1H3/t13-;7-;/m00./s1. The third-order valence-corrected chi connectivity index (χ3v) is 6.13. The molecule has 2 atom stereocenters. The Hall–Kier alpha value is -1.67. The van der Waals surface area contributed by atoms with E-state index in [-0.39, 0.29) is 35.8 Å². The summed E-state index contributed by atoms with van der Waals surface area (Å²) in [7, 11) is 0. The van der Waals surface area contributed by atoms with E-state index < -0.39 is 11.9 Å². The minimum atomic E-state index is -0.789. The average Bonchev–Trinajstić information content (AvgIpc) is 2.82. The van der Waals surface area contributed by atoms with Crippen LogP contribution in [0.2, 0.25) is 0 Å². The van der Waals surface area contributed by atoms with Crippen molar-refractivity contribution in [2.24, 2.45) is 29.4 Å². The van der Waals surface area contributed by atoms with Gasteiger partial charge in [-0.3, -0.25) is 19.2 Å². The quantitative estimate of drug-likeness (QED) is 0.0845. The molecule has 0 rings (SSSR count). The van der Waals surface area contributed by atoms with Gasteiger partial charge in [0.15, 0.2) is 0 Å². The van der Waals surface area contributed by atoms with Gasteiger partial charge in [-0.2, -0.15) is 0 Å². The molecule has 0 heterocycles. The van der Waals surface area contributed by atoms with Crippen LogP contribution in [0.4, 0.5) is 0 Å². The molecule has 0 saturated heterocycles. The normalized spacial score (nSPS) is 12.1.